The molecule has 0 atom stereocenters. The number of rotatable bonds is 5. The van der Waals surface area contributed by atoms with E-state index in [1.54, 1.807) is 30.3 Å². The van der Waals surface area contributed by atoms with Gasteiger partial charge in [-0.3, -0.25) is 9.69 Å². The van der Waals surface area contributed by atoms with E-state index in [4.69, 9.17) is 17.0 Å². The van der Waals surface area contributed by atoms with Crippen LogP contribution in [0.25, 0.3) is 6.08 Å². The molecule has 0 radical (unpaired) electrons. The number of thioether (sulfide) groups is 1. The van der Waals surface area contributed by atoms with Gasteiger partial charge in [0.15, 0.2) is 4.32 Å². The standard InChI is InChI=1S/C23H14BrF2NO2S2/c24-19-10-15(6-9-20(19)29-13-14-4-7-16(25)8-5-14)11-21-22(28)27(23(30)31-21)18-3-1-2-17(26)12-18/h1-12H,13H2/b21-11+. The van der Waals surface area contributed by atoms with Gasteiger partial charge in [0.25, 0.3) is 5.91 Å². The van der Waals surface area contributed by atoms with E-state index in [9.17, 15) is 13.6 Å². The Balaban J connectivity index is 1.49. The molecule has 0 bridgehead atoms. The summed E-state index contributed by atoms with van der Waals surface area (Å²) >= 11 is 9.97. The van der Waals surface area contributed by atoms with Crippen LogP contribution < -0.4 is 9.64 Å². The van der Waals surface area contributed by atoms with Crippen molar-refractivity contribution >= 4 is 61.9 Å². The van der Waals surface area contributed by atoms with Gasteiger partial charge in [0.05, 0.1) is 15.1 Å². The molecule has 3 aromatic rings. The Morgan fingerprint density at radius 2 is 1.81 bits per heavy atom. The first-order valence-corrected chi connectivity index (χ1v) is 11.1. The molecular weight excluding hydrogens is 504 g/mol. The number of hydrogen-bond acceptors (Lipinski definition) is 4. The van der Waals surface area contributed by atoms with E-state index in [-0.39, 0.29) is 11.7 Å². The maximum absolute atomic E-state index is 13.6. The van der Waals surface area contributed by atoms with Gasteiger partial charge >= 0.3 is 0 Å². The van der Waals surface area contributed by atoms with Gasteiger partial charge in [0, 0.05) is 0 Å². The lowest BCUT2D eigenvalue weighted by Crippen LogP contribution is -2.27. The van der Waals surface area contributed by atoms with Gasteiger partial charge in [-0.15, -0.1) is 0 Å². The van der Waals surface area contributed by atoms with E-state index in [2.05, 4.69) is 15.9 Å². The van der Waals surface area contributed by atoms with Crippen molar-refractivity contribution < 1.29 is 18.3 Å². The Bertz CT molecular complexity index is 1200. The number of thiocarbonyl (C=S) groups is 1. The quantitative estimate of drug-likeness (QED) is 0.277. The van der Waals surface area contributed by atoms with Crippen LogP contribution in [0, 0.1) is 11.6 Å². The minimum absolute atomic E-state index is 0.294. The maximum Gasteiger partial charge on any atom is 0.270 e. The van der Waals surface area contributed by atoms with Gasteiger partial charge in [0.2, 0.25) is 0 Å². The molecule has 1 heterocycles. The lowest BCUT2D eigenvalue weighted by atomic mass is 10.2. The summed E-state index contributed by atoms with van der Waals surface area (Å²) in [5.41, 5.74) is 2.02. The van der Waals surface area contributed by atoms with Crippen LogP contribution in [0.2, 0.25) is 0 Å². The molecule has 8 heteroatoms. The number of hydrogen-bond donors (Lipinski definition) is 0. The third-order valence-corrected chi connectivity index (χ3v) is 6.34. The zero-order chi connectivity index (χ0) is 22.0. The van der Waals surface area contributed by atoms with Crippen molar-refractivity contribution in [2.24, 2.45) is 0 Å². The number of nitrogens with zero attached hydrogens (tertiary/aromatic N) is 1. The second-order valence-corrected chi connectivity index (χ2v) is 9.13. The summed E-state index contributed by atoms with van der Waals surface area (Å²) in [7, 11) is 0. The van der Waals surface area contributed by atoms with Crippen LogP contribution in [0.5, 0.6) is 5.75 Å². The van der Waals surface area contributed by atoms with Gasteiger partial charge in [-0.2, -0.15) is 0 Å². The molecule has 1 aliphatic rings. The lowest BCUT2D eigenvalue weighted by Gasteiger charge is -2.14. The molecule has 0 spiro atoms. The molecular formula is C23H14BrF2NO2S2. The number of benzene rings is 3. The summed E-state index contributed by atoms with van der Waals surface area (Å²) in [5.74, 6) is -0.407. The SMILES string of the molecule is O=C1/C(=C\c2ccc(OCc3ccc(F)cc3)c(Br)c2)SC(=S)N1c1cccc(F)c1. The third kappa shape index (κ3) is 5.03. The molecule has 0 unspecified atom stereocenters. The Morgan fingerprint density at radius 3 is 2.52 bits per heavy atom. The number of carbonyl (C=O) groups excluding carboxylic acids is 1. The van der Waals surface area contributed by atoms with Gasteiger partial charge in [-0.1, -0.05) is 48.2 Å². The largest absolute Gasteiger partial charge is 0.488 e. The Morgan fingerprint density at radius 1 is 1.03 bits per heavy atom. The second kappa shape index (κ2) is 9.30. The highest BCUT2D eigenvalue weighted by molar-refractivity contribution is 9.10. The molecule has 0 N–H and O–H groups in total. The minimum Gasteiger partial charge on any atom is -0.488 e. The smallest absolute Gasteiger partial charge is 0.270 e. The Hall–Kier alpha value is -2.55. The average molecular weight is 518 g/mol. The van der Waals surface area contributed by atoms with Crippen molar-refractivity contribution in [1.82, 2.24) is 0 Å². The molecule has 4 rings (SSSR count). The zero-order valence-electron chi connectivity index (χ0n) is 15.8. The fraction of sp³-hybridized carbons (Fsp3) is 0.0435. The fourth-order valence-electron chi connectivity index (χ4n) is 2.92. The molecule has 0 saturated carbocycles. The molecule has 1 fully saturated rings. The normalized spacial score (nSPS) is 15.1. The highest BCUT2D eigenvalue weighted by Gasteiger charge is 2.33. The maximum atomic E-state index is 13.6. The summed E-state index contributed by atoms with van der Waals surface area (Å²) in [4.78, 5) is 14.6. The van der Waals surface area contributed by atoms with E-state index >= 15 is 0 Å². The van der Waals surface area contributed by atoms with Crippen molar-refractivity contribution in [2.75, 3.05) is 4.90 Å². The molecule has 31 heavy (non-hydrogen) atoms. The number of amides is 1. The van der Waals surface area contributed by atoms with E-state index in [0.29, 0.717) is 31.7 Å². The predicted molar refractivity (Wildman–Crippen MR) is 127 cm³/mol. The molecule has 0 aromatic heterocycles. The van der Waals surface area contributed by atoms with E-state index in [0.717, 1.165) is 11.1 Å². The van der Waals surface area contributed by atoms with Crippen molar-refractivity contribution in [2.45, 2.75) is 6.61 Å². The second-order valence-electron chi connectivity index (χ2n) is 6.60. The Kier molecular flexibility index (Phi) is 6.50. The topological polar surface area (TPSA) is 29.5 Å². The van der Waals surface area contributed by atoms with Gasteiger partial charge < -0.3 is 4.74 Å². The van der Waals surface area contributed by atoms with Crippen LogP contribution in [-0.4, -0.2) is 10.2 Å². The zero-order valence-corrected chi connectivity index (χ0v) is 19.1. The summed E-state index contributed by atoms with van der Waals surface area (Å²) in [6.45, 7) is 0.296. The number of halogens is 3. The van der Waals surface area contributed by atoms with Crippen LogP contribution in [0.15, 0.2) is 76.1 Å². The van der Waals surface area contributed by atoms with Gasteiger partial charge in [0.1, 0.15) is 24.0 Å². The van der Waals surface area contributed by atoms with Crippen molar-refractivity contribution in [3.8, 4) is 5.75 Å². The summed E-state index contributed by atoms with van der Waals surface area (Å²) in [6, 6.07) is 17.3. The number of ether oxygens (including phenoxy) is 1. The molecule has 156 valence electrons. The molecule has 3 aromatic carbocycles. The van der Waals surface area contributed by atoms with Crippen LogP contribution >= 0.6 is 39.9 Å². The fourth-order valence-corrected chi connectivity index (χ4v) is 4.73. The molecule has 0 aliphatic carbocycles. The first kappa shape index (κ1) is 21.7. The van der Waals surface area contributed by atoms with Crippen LogP contribution in [-0.2, 0) is 11.4 Å². The average Bonchev–Trinajstić information content (AvgIpc) is 3.01. The first-order chi connectivity index (χ1) is 14.9. The predicted octanol–water partition coefficient (Wildman–Crippen LogP) is 6.71. The molecule has 1 aliphatic heterocycles. The minimum atomic E-state index is -0.435. The van der Waals surface area contributed by atoms with E-state index in [1.807, 2.05) is 12.1 Å². The molecule has 3 nitrogen and oxygen atoms in total. The summed E-state index contributed by atoms with van der Waals surface area (Å²) in [5, 5.41) is 0. The van der Waals surface area contributed by atoms with Crippen molar-refractivity contribution in [3.05, 3.63) is 98.9 Å². The first-order valence-electron chi connectivity index (χ1n) is 9.11. The third-order valence-electron chi connectivity index (χ3n) is 4.42. The number of anilines is 1. The lowest BCUT2D eigenvalue weighted by molar-refractivity contribution is -0.113. The molecule has 1 amide bonds. The van der Waals surface area contributed by atoms with Gasteiger partial charge in [-0.05, 0) is 75.6 Å². The van der Waals surface area contributed by atoms with Crippen molar-refractivity contribution in [1.29, 1.82) is 0 Å². The van der Waals surface area contributed by atoms with Gasteiger partial charge in [-0.25, -0.2) is 8.78 Å². The molecule has 1 saturated heterocycles. The van der Waals surface area contributed by atoms with E-state index < -0.39 is 5.82 Å². The van der Waals surface area contributed by atoms with Crippen LogP contribution in [0.4, 0.5) is 14.5 Å². The summed E-state index contributed by atoms with van der Waals surface area (Å²) in [6.07, 6.45) is 1.73. The summed E-state index contributed by atoms with van der Waals surface area (Å²) < 4.78 is 33.4. The van der Waals surface area contributed by atoms with E-state index in [1.165, 1.54) is 47.0 Å². The highest BCUT2D eigenvalue weighted by Crippen LogP contribution is 2.37. The Labute approximate surface area is 195 Å². The van der Waals surface area contributed by atoms with Crippen LogP contribution in [0.1, 0.15) is 11.1 Å². The van der Waals surface area contributed by atoms with Crippen LogP contribution in [0.3, 0.4) is 0 Å². The number of carbonyl (C=O) groups is 1. The highest BCUT2D eigenvalue weighted by atomic mass is 79.9. The van der Waals surface area contributed by atoms with Crippen molar-refractivity contribution in [3.63, 3.8) is 0 Å². The monoisotopic (exact) mass is 517 g/mol.